The molecule has 1 atom stereocenters. The molecule has 0 N–H and O–H groups in total. The van der Waals surface area contributed by atoms with Gasteiger partial charge < -0.3 is 0 Å². The monoisotopic (exact) mass is 180 g/mol. The Balaban J connectivity index is 3.22. The number of rotatable bonds is 8. The third kappa shape index (κ3) is 9.39. The number of hydrogen-bond donors (Lipinski definition) is 0. The van der Waals surface area contributed by atoms with E-state index < -0.39 is 0 Å². The van der Waals surface area contributed by atoms with E-state index in [4.69, 9.17) is 0 Å². The van der Waals surface area contributed by atoms with Crippen molar-refractivity contribution in [3.8, 4) is 0 Å². The molecule has 0 amide bonds. The fourth-order valence-electron chi connectivity index (χ4n) is 1.34. The Kier molecular flexibility index (Phi) is 9.18. The molecule has 0 saturated heterocycles. The molecule has 0 heteroatoms. The molecule has 0 aliphatic rings. The van der Waals surface area contributed by atoms with Gasteiger partial charge in [-0.2, -0.15) is 0 Å². The van der Waals surface area contributed by atoms with Crippen molar-refractivity contribution in [2.75, 3.05) is 0 Å². The van der Waals surface area contributed by atoms with Gasteiger partial charge in [0.05, 0.1) is 0 Å². The first-order chi connectivity index (χ1) is 6.31. The summed E-state index contributed by atoms with van der Waals surface area (Å²) in [7, 11) is 0. The van der Waals surface area contributed by atoms with Crippen LogP contribution >= 0.6 is 0 Å². The van der Waals surface area contributed by atoms with E-state index in [-0.39, 0.29) is 0 Å². The SMILES string of the molecule is C=CCC(C)CCC=CCCCC. The van der Waals surface area contributed by atoms with Crippen LogP contribution in [0.25, 0.3) is 0 Å². The first-order valence-corrected chi connectivity index (χ1v) is 5.57. The highest BCUT2D eigenvalue weighted by molar-refractivity contribution is 4.82. The maximum Gasteiger partial charge on any atom is -0.0327 e. The van der Waals surface area contributed by atoms with E-state index in [9.17, 15) is 0 Å². The molecule has 0 aliphatic carbocycles. The van der Waals surface area contributed by atoms with Gasteiger partial charge in [0.2, 0.25) is 0 Å². The second kappa shape index (κ2) is 9.57. The number of unbranched alkanes of at least 4 members (excludes halogenated alkanes) is 2. The van der Waals surface area contributed by atoms with Crippen LogP contribution in [0.5, 0.6) is 0 Å². The summed E-state index contributed by atoms with van der Waals surface area (Å²) >= 11 is 0. The maximum atomic E-state index is 3.75. The predicted molar refractivity (Wildman–Crippen MR) is 61.9 cm³/mol. The Hall–Kier alpha value is -0.520. The van der Waals surface area contributed by atoms with Crippen molar-refractivity contribution in [1.82, 2.24) is 0 Å². The lowest BCUT2D eigenvalue weighted by Crippen LogP contribution is -1.90. The van der Waals surface area contributed by atoms with E-state index in [0.29, 0.717) is 0 Å². The first-order valence-electron chi connectivity index (χ1n) is 5.57. The minimum absolute atomic E-state index is 0.799. The van der Waals surface area contributed by atoms with Crippen LogP contribution in [0.15, 0.2) is 24.8 Å². The van der Waals surface area contributed by atoms with Crippen LogP contribution in [0.2, 0.25) is 0 Å². The van der Waals surface area contributed by atoms with Gasteiger partial charge >= 0.3 is 0 Å². The summed E-state index contributed by atoms with van der Waals surface area (Å²) in [6.45, 7) is 8.28. The van der Waals surface area contributed by atoms with Crippen LogP contribution in [0, 0.1) is 5.92 Å². The van der Waals surface area contributed by atoms with Crippen molar-refractivity contribution < 1.29 is 0 Å². The lowest BCUT2D eigenvalue weighted by Gasteiger charge is -2.04. The molecule has 0 fully saturated rings. The van der Waals surface area contributed by atoms with Gasteiger partial charge in [-0.25, -0.2) is 0 Å². The smallest absolute Gasteiger partial charge is 0.0327 e. The van der Waals surface area contributed by atoms with E-state index in [1.165, 1.54) is 32.1 Å². The molecular formula is C13H24. The summed E-state index contributed by atoms with van der Waals surface area (Å²) in [6.07, 6.45) is 14.3. The van der Waals surface area contributed by atoms with Gasteiger partial charge in [-0.15, -0.1) is 6.58 Å². The van der Waals surface area contributed by atoms with Crippen LogP contribution in [0.4, 0.5) is 0 Å². The zero-order valence-electron chi connectivity index (χ0n) is 9.26. The zero-order chi connectivity index (χ0) is 9.94. The Bertz CT molecular complexity index is 133. The Labute approximate surface area is 83.7 Å². The van der Waals surface area contributed by atoms with Gasteiger partial charge in [0.1, 0.15) is 0 Å². The molecule has 0 aromatic carbocycles. The normalized spacial score (nSPS) is 13.4. The molecule has 0 aromatic heterocycles. The minimum Gasteiger partial charge on any atom is -0.103 e. The van der Waals surface area contributed by atoms with E-state index in [1.54, 1.807) is 0 Å². The molecule has 0 aromatic rings. The third-order valence-electron chi connectivity index (χ3n) is 2.29. The molecule has 0 rings (SSSR count). The molecule has 0 heterocycles. The molecule has 76 valence electrons. The molecule has 0 nitrogen and oxygen atoms in total. The average Bonchev–Trinajstić information content (AvgIpc) is 2.11. The van der Waals surface area contributed by atoms with Gasteiger partial charge in [-0.1, -0.05) is 44.9 Å². The van der Waals surface area contributed by atoms with Crippen LogP contribution in [0.3, 0.4) is 0 Å². The largest absolute Gasteiger partial charge is 0.103 e. The Morgan fingerprint density at radius 2 is 1.92 bits per heavy atom. The molecule has 0 saturated carbocycles. The second-order valence-electron chi connectivity index (χ2n) is 3.82. The van der Waals surface area contributed by atoms with Crippen molar-refractivity contribution >= 4 is 0 Å². The lowest BCUT2D eigenvalue weighted by atomic mass is 10.0. The van der Waals surface area contributed by atoms with E-state index in [1.807, 2.05) is 6.08 Å². The standard InChI is InChI=1S/C13H24/c1-4-6-7-8-9-10-12-13(3)11-5-2/h5,8-9,13H,2,4,6-7,10-12H2,1,3H3. The summed E-state index contributed by atoms with van der Waals surface area (Å²) in [6, 6.07) is 0. The molecule has 0 radical (unpaired) electrons. The van der Waals surface area contributed by atoms with E-state index in [0.717, 1.165) is 12.3 Å². The van der Waals surface area contributed by atoms with Gasteiger partial charge in [0.25, 0.3) is 0 Å². The van der Waals surface area contributed by atoms with Crippen molar-refractivity contribution in [2.45, 2.75) is 52.4 Å². The topological polar surface area (TPSA) is 0 Å². The third-order valence-corrected chi connectivity index (χ3v) is 2.29. The summed E-state index contributed by atoms with van der Waals surface area (Å²) in [5.41, 5.74) is 0. The summed E-state index contributed by atoms with van der Waals surface area (Å²) in [5.74, 6) is 0.799. The molecule has 0 spiro atoms. The minimum atomic E-state index is 0.799. The van der Waals surface area contributed by atoms with Crippen molar-refractivity contribution in [1.29, 1.82) is 0 Å². The molecule has 13 heavy (non-hydrogen) atoms. The van der Waals surface area contributed by atoms with Crippen molar-refractivity contribution in [3.63, 3.8) is 0 Å². The van der Waals surface area contributed by atoms with Gasteiger partial charge in [0.15, 0.2) is 0 Å². The van der Waals surface area contributed by atoms with Gasteiger partial charge in [-0.3, -0.25) is 0 Å². The van der Waals surface area contributed by atoms with Gasteiger partial charge in [0, 0.05) is 0 Å². The first kappa shape index (κ1) is 12.5. The van der Waals surface area contributed by atoms with Gasteiger partial charge in [-0.05, 0) is 31.6 Å². The predicted octanol–water partition coefficient (Wildman–Crippen LogP) is 4.73. The van der Waals surface area contributed by atoms with E-state index >= 15 is 0 Å². The summed E-state index contributed by atoms with van der Waals surface area (Å²) < 4.78 is 0. The van der Waals surface area contributed by atoms with Crippen molar-refractivity contribution in [2.24, 2.45) is 5.92 Å². The fourth-order valence-corrected chi connectivity index (χ4v) is 1.34. The average molecular weight is 180 g/mol. The highest BCUT2D eigenvalue weighted by Crippen LogP contribution is 2.10. The van der Waals surface area contributed by atoms with Crippen molar-refractivity contribution in [3.05, 3.63) is 24.8 Å². The van der Waals surface area contributed by atoms with Crippen LogP contribution < -0.4 is 0 Å². The Morgan fingerprint density at radius 3 is 2.54 bits per heavy atom. The maximum absolute atomic E-state index is 3.75. The highest BCUT2D eigenvalue weighted by atomic mass is 14.0. The highest BCUT2D eigenvalue weighted by Gasteiger charge is 1.95. The fraction of sp³-hybridized carbons (Fsp3) is 0.692. The van der Waals surface area contributed by atoms with E-state index in [2.05, 4.69) is 32.6 Å². The second-order valence-corrected chi connectivity index (χ2v) is 3.82. The molecule has 0 bridgehead atoms. The Morgan fingerprint density at radius 1 is 1.23 bits per heavy atom. The summed E-state index contributed by atoms with van der Waals surface area (Å²) in [5, 5.41) is 0. The molecule has 0 aliphatic heterocycles. The molecule has 1 unspecified atom stereocenters. The zero-order valence-corrected chi connectivity index (χ0v) is 9.26. The molecular weight excluding hydrogens is 156 g/mol. The van der Waals surface area contributed by atoms with Crippen LogP contribution in [-0.2, 0) is 0 Å². The quantitative estimate of drug-likeness (QED) is 0.374. The number of hydrogen-bond acceptors (Lipinski definition) is 0. The lowest BCUT2D eigenvalue weighted by molar-refractivity contribution is 0.546. The van der Waals surface area contributed by atoms with Crippen LogP contribution in [-0.4, -0.2) is 0 Å². The number of allylic oxidation sites excluding steroid dienone is 3. The summed E-state index contributed by atoms with van der Waals surface area (Å²) in [4.78, 5) is 0. The van der Waals surface area contributed by atoms with Crippen LogP contribution in [0.1, 0.15) is 52.4 Å².